The van der Waals surface area contributed by atoms with Crippen molar-refractivity contribution in [2.75, 3.05) is 25.5 Å². The van der Waals surface area contributed by atoms with E-state index in [0.29, 0.717) is 25.8 Å². The summed E-state index contributed by atoms with van der Waals surface area (Å²) in [7, 11) is 3.96. The summed E-state index contributed by atoms with van der Waals surface area (Å²) >= 11 is 0. The molecule has 114 valence electrons. The van der Waals surface area contributed by atoms with Gasteiger partial charge in [0.05, 0.1) is 0 Å². The van der Waals surface area contributed by atoms with Crippen LogP contribution in [0.15, 0.2) is 24.3 Å². The van der Waals surface area contributed by atoms with Crippen molar-refractivity contribution < 1.29 is 14.7 Å². The summed E-state index contributed by atoms with van der Waals surface area (Å²) in [5.41, 5.74) is 2.20. The summed E-state index contributed by atoms with van der Waals surface area (Å²) in [5, 5.41) is 9.12. The molecule has 0 spiro atoms. The van der Waals surface area contributed by atoms with Gasteiger partial charge in [0.25, 0.3) is 0 Å². The molecule has 1 aliphatic heterocycles. The predicted octanol–water partition coefficient (Wildman–Crippen LogP) is 1.76. The second-order valence-corrected chi connectivity index (χ2v) is 5.65. The number of amides is 1. The highest BCUT2D eigenvalue weighted by Crippen LogP contribution is 2.20. The maximum atomic E-state index is 12.2. The first kappa shape index (κ1) is 15.4. The molecule has 0 unspecified atom stereocenters. The number of carboxylic acids is 1. The lowest BCUT2D eigenvalue weighted by Gasteiger charge is -2.21. The van der Waals surface area contributed by atoms with Gasteiger partial charge in [0.1, 0.15) is 6.04 Å². The maximum Gasteiger partial charge on any atom is 0.326 e. The van der Waals surface area contributed by atoms with E-state index in [4.69, 9.17) is 5.11 Å². The second-order valence-electron chi connectivity index (χ2n) is 5.65. The van der Waals surface area contributed by atoms with E-state index in [1.165, 1.54) is 4.90 Å². The molecule has 21 heavy (non-hydrogen) atoms. The summed E-state index contributed by atoms with van der Waals surface area (Å²) in [4.78, 5) is 26.8. The number of rotatable bonds is 5. The molecule has 0 bridgehead atoms. The van der Waals surface area contributed by atoms with Gasteiger partial charge in [-0.15, -0.1) is 0 Å². The van der Waals surface area contributed by atoms with Crippen LogP contribution in [0.5, 0.6) is 0 Å². The number of aliphatic carboxylic acids is 1. The molecular weight excluding hydrogens is 268 g/mol. The lowest BCUT2D eigenvalue weighted by Crippen LogP contribution is -2.40. The molecule has 0 aliphatic carbocycles. The Morgan fingerprint density at radius 1 is 1.38 bits per heavy atom. The molecule has 1 heterocycles. The first-order chi connectivity index (χ1) is 9.99. The molecule has 1 N–H and O–H groups in total. The zero-order chi connectivity index (χ0) is 15.4. The highest BCUT2D eigenvalue weighted by molar-refractivity contribution is 5.84. The Kier molecular flexibility index (Phi) is 4.83. The van der Waals surface area contributed by atoms with Gasteiger partial charge in [-0.1, -0.05) is 12.1 Å². The minimum absolute atomic E-state index is 0.0600. The highest BCUT2D eigenvalue weighted by atomic mass is 16.4. The number of hydrogen-bond donors (Lipinski definition) is 1. The minimum Gasteiger partial charge on any atom is -0.480 e. The number of anilines is 1. The zero-order valence-electron chi connectivity index (χ0n) is 12.6. The third kappa shape index (κ3) is 3.74. The second kappa shape index (κ2) is 6.61. The molecule has 0 aromatic heterocycles. The summed E-state index contributed by atoms with van der Waals surface area (Å²) < 4.78 is 0. The van der Waals surface area contributed by atoms with Crippen molar-refractivity contribution in [3.05, 3.63) is 29.8 Å². The summed E-state index contributed by atoms with van der Waals surface area (Å²) in [5.74, 6) is -0.953. The van der Waals surface area contributed by atoms with Crippen LogP contribution in [-0.2, 0) is 16.0 Å². The van der Waals surface area contributed by atoms with Crippen molar-refractivity contribution >= 4 is 17.6 Å². The molecule has 0 radical (unpaired) electrons. The zero-order valence-corrected chi connectivity index (χ0v) is 12.6. The van der Waals surface area contributed by atoms with Crippen molar-refractivity contribution in [1.82, 2.24) is 4.90 Å². The molecule has 1 aromatic rings. The van der Waals surface area contributed by atoms with E-state index in [2.05, 4.69) is 6.07 Å². The maximum absolute atomic E-state index is 12.2. The van der Waals surface area contributed by atoms with Crippen LogP contribution in [0.3, 0.4) is 0 Å². The van der Waals surface area contributed by atoms with E-state index in [9.17, 15) is 9.59 Å². The van der Waals surface area contributed by atoms with E-state index >= 15 is 0 Å². The summed E-state index contributed by atoms with van der Waals surface area (Å²) in [6, 6.07) is 7.42. The normalized spacial score (nSPS) is 17.8. The van der Waals surface area contributed by atoms with Crippen molar-refractivity contribution in [3.63, 3.8) is 0 Å². The fraction of sp³-hybridized carbons (Fsp3) is 0.500. The monoisotopic (exact) mass is 290 g/mol. The number of likely N-dealkylation sites (tertiary alicyclic amines) is 1. The van der Waals surface area contributed by atoms with Gasteiger partial charge in [-0.3, -0.25) is 4.79 Å². The lowest BCUT2D eigenvalue weighted by atomic mass is 10.1. The fourth-order valence-electron chi connectivity index (χ4n) is 2.71. The van der Waals surface area contributed by atoms with Crippen LogP contribution >= 0.6 is 0 Å². The van der Waals surface area contributed by atoms with E-state index in [1.807, 2.05) is 37.2 Å². The first-order valence-electron chi connectivity index (χ1n) is 7.27. The fourth-order valence-corrected chi connectivity index (χ4v) is 2.71. The van der Waals surface area contributed by atoms with Gasteiger partial charge < -0.3 is 14.9 Å². The Morgan fingerprint density at radius 3 is 2.81 bits per heavy atom. The number of carboxylic acid groups (broad SMARTS) is 1. The molecule has 1 aliphatic rings. The average molecular weight is 290 g/mol. The Hall–Kier alpha value is -2.04. The number of benzene rings is 1. The van der Waals surface area contributed by atoms with Crippen LogP contribution in [0.4, 0.5) is 5.69 Å². The van der Waals surface area contributed by atoms with Crippen molar-refractivity contribution in [2.45, 2.75) is 31.7 Å². The molecule has 2 rings (SSSR count). The van der Waals surface area contributed by atoms with Gasteiger partial charge in [-0.25, -0.2) is 4.79 Å². The third-order valence-electron chi connectivity index (χ3n) is 3.91. The third-order valence-corrected chi connectivity index (χ3v) is 3.91. The van der Waals surface area contributed by atoms with Crippen LogP contribution in [0.25, 0.3) is 0 Å². The van der Waals surface area contributed by atoms with Crippen molar-refractivity contribution in [3.8, 4) is 0 Å². The van der Waals surface area contributed by atoms with Crippen LogP contribution in [0, 0.1) is 0 Å². The molecule has 1 fully saturated rings. The Morgan fingerprint density at radius 2 is 2.14 bits per heavy atom. The van der Waals surface area contributed by atoms with Gasteiger partial charge in [0, 0.05) is 32.7 Å². The molecule has 0 saturated carbocycles. The Balaban J connectivity index is 1.95. The number of carbonyl (C=O) groups is 2. The van der Waals surface area contributed by atoms with E-state index < -0.39 is 12.0 Å². The standard InChI is InChI=1S/C16H22N2O3/c1-17(2)13-6-3-5-12(11-13)8-9-15(19)18-10-4-7-14(18)16(20)21/h3,5-6,11,14H,4,7-10H2,1-2H3,(H,20,21)/t14-/m1/s1. The van der Waals surface area contributed by atoms with E-state index in [-0.39, 0.29) is 5.91 Å². The molecule has 1 atom stereocenters. The smallest absolute Gasteiger partial charge is 0.326 e. The van der Waals surface area contributed by atoms with Crippen LogP contribution < -0.4 is 4.90 Å². The molecular formula is C16H22N2O3. The minimum atomic E-state index is -0.893. The predicted molar refractivity (Wildman–Crippen MR) is 81.5 cm³/mol. The molecule has 1 saturated heterocycles. The van der Waals surface area contributed by atoms with Gasteiger partial charge in [-0.2, -0.15) is 0 Å². The van der Waals surface area contributed by atoms with Crippen LogP contribution in [0.1, 0.15) is 24.8 Å². The Bertz CT molecular complexity index is 528. The lowest BCUT2D eigenvalue weighted by molar-refractivity contribution is -0.148. The van der Waals surface area contributed by atoms with Crippen LogP contribution in [-0.4, -0.2) is 48.6 Å². The molecule has 1 amide bonds. The summed E-state index contributed by atoms with van der Waals surface area (Å²) in [6.45, 7) is 0.563. The molecule has 5 nitrogen and oxygen atoms in total. The van der Waals surface area contributed by atoms with Crippen LogP contribution in [0.2, 0.25) is 0 Å². The molecule has 1 aromatic carbocycles. The van der Waals surface area contributed by atoms with E-state index in [1.54, 1.807) is 0 Å². The Labute approximate surface area is 125 Å². The SMILES string of the molecule is CN(C)c1cccc(CCC(=O)N2CCC[C@@H]2C(=O)O)c1. The number of aryl methyl sites for hydroxylation is 1. The summed E-state index contributed by atoms with van der Waals surface area (Å²) in [6.07, 6.45) is 2.35. The van der Waals surface area contributed by atoms with E-state index in [0.717, 1.165) is 17.7 Å². The topological polar surface area (TPSA) is 60.9 Å². The number of nitrogens with zero attached hydrogens (tertiary/aromatic N) is 2. The van der Waals surface area contributed by atoms with Crippen molar-refractivity contribution in [1.29, 1.82) is 0 Å². The van der Waals surface area contributed by atoms with Crippen molar-refractivity contribution in [2.24, 2.45) is 0 Å². The quantitative estimate of drug-likeness (QED) is 0.897. The first-order valence-corrected chi connectivity index (χ1v) is 7.27. The van der Waals surface area contributed by atoms with Gasteiger partial charge in [0.15, 0.2) is 0 Å². The largest absolute Gasteiger partial charge is 0.480 e. The average Bonchev–Trinajstić information content (AvgIpc) is 2.94. The number of hydrogen-bond acceptors (Lipinski definition) is 3. The number of carbonyl (C=O) groups excluding carboxylic acids is 1. The highest BCUT2D eigenvalue weighted by Gasteiger charge is 2.33. The molecule has 5 heteroatoms. The van der Waals surface area contributed by atoms with Gasteiger partial charge in [0.2, 0.25) is 5.91 Å². The van der Waals surface area contributed by atoms with Gasteiger partial charge in [-0.05, 0) is 37.0 Å². The van der Waals surface area contributed by atoms with Gasteiger partial charge >= 0.3 is 5.97 Å².